The predicted octanol–water partition coefficient (Wildman–Crippen LogP) is 2.80. The fourth-order valence-corrected chi connectivity index (χ4v) is 1.75. The second-order valence-electron chi connectivity index (χ2n) is 3.34. The van der Waals surface area contributed by atoms with Gasteiger partial charge >= 0.3 is 6.18 Å². The molecule has 0 unspecified atom stereocenters. The zero-order valence-corrected chi connectivity index (χ0v) is 9.92. The number of ether oxygens (including phenoxy) is 1. The van der Waals surface area contributed by atoms with E-state index < -0.39 is 11.2 Å². The lowest BCUT2D eigenvalue weighted by Gasteiger charge is -2.04. The number of nitriles is 1. The molecular formula is C10H5F3N4OS. The molecule has 9 heteroatoms. The molecule has 0 aliphatic carbocycles. The Hall–Kier alpha value is -2.34. The zero-order chi connectivity index (χ0) is 14.0. The number of nitrogen functional groups attached to an aromatic ring is 1. The number of hydrogen-bond acceptors (Lipinski definition) is 6. The summed E-state index contributed by atoms with van der Waals surface area (Å²) in [5.74, 6) is 0.115. The molecule has 1 aromatic heterocycles. The van der Waals surface area contributed by atoms with Gasteiger partial charge in [0, 0.05) is 0 Å². The van der Waals surface area contributed by atoms with Crippen molar-refractivity contribution in [2.75, 3.05) is 5.73 Å². The highest BCUT2D eigenvalue weighted by atomic mass is 32.1. The van der Waals surface area contributed by atoms with E-state index in [2.05, 4.69) is 10.2 Å². The van der Waals surface area contributed by atoms with Gasteiger partial charge in [-0.3, -0.25) is 0 Å². The number of aromatic nitrogens is 2. The summed E-state index contributed by atoms with van der Waals surface area (Å²) in [4.78, 5) is 0. The first-order chi connectivity index (χ1) is 8.90. The van der Waals surface area contributed by atoms with Crippen molar-refractivity contribution >= 4 is 17.0 Å². The van der Waals surface area contributed by atoms with Gasteiger partial charge in [-0.15, -0.1) is 5.10 Å². The summed E-state index contributed by atoms with van der Waals surface area (Å²) in [6.07, 6.45) is -4.56. The minimum absolute atomic E-state index is 0.115. The van der Waals surface area contributed by atoms with Crippen molar-refractivity contribution in [1.29, 1.82) is 5.26 Å². The predicted molar refractivity (Wildman–Crippen MR) is 60.6 cm³/mol. The molecular weight excluding hydrogens is 281 g/mol. The van der Waals surface area contributed by atoms with Crippen LogP contribution in [0.5, 0.6) is 10.9 Å². The summed E-state index contributed by atoms with van der Waals surface area (Å²) in [6.45, 7) is 0. The van der Waals surface area contributed by atoms with E-state index in [9.17, 15) is 13.2 Å². The first kappa shape index (κ1) is 13.1. The van der Waals surface area contributed by atoms with E-state index in [1.54, 1.807) is 0 Å². The van der Waals surface area contributed by atoms with Crippen molar-refractivity contribution in [2.24, 2.45) is 0 Å². The fraction of sp³-hybridized carbons (Fsp3) is 0.100. The normalized spacial score (nSPS) is 11.1. The number of alkyl halides is 3. The molecule has 0 spiro atoms. The Balaban J connectivity index is 2.22. The highest BCUT2D eigenvalue weighted by molar-refractivity contribution is 7.13. The van der Waals surface area contributed by atoms with Gasteiger partial charge in [0.15, 0.2) is 5.75 Å². The van der Waals surface area contributed by atoms with Crippen LogP contribution in [0.3, 0.4) is 0 Å². The maximum atomic E-state index is 12.3. The summed E-state index contributed by atoms with van der Waals surface area (Å²) in [7, 11) is 0. The average Bonchev–Trinajstić information content (AvgIpc) is 2.80. The van der Waals surface area contributed by atoms with Crippen molar-refractivity contribution in [3.8, 4) is 17.0 Å². The maximum absolute atomic E-state index is 12.3. The molecule has 1 aromatic carbocycles. The van der Waals surface area contributed by atoms with Crippen LogP contribution in [0.1, 0.15) is 10.6 Å². The minimum Gasteiger partial charge on any atom is -0.428 e. The highest BCUT2D eigenvalue weighted by Crippen LogP contribution is 2.36. The molecule has 0 atom stereocenters. The van der Waals surface area contributed by atoms with Crippen LogP contribution in [0.4, 0.5) is 18.9 Å². The lowest BCUT2D eigenvalue weighted by Crippen LogP contribution is -2.03. The van der Waals surface area contributed by atoms with Crippen LogP contribution in [0.2, 0.25) is 0 Å². The van der Waals surface area contributed by atoms with E-state index >= 15 is 0 Å². The topological polar surface area (TPSA) is 84.8 Å². The summed E-state index contributed by atoms with van der Waals surface area (Å²) in [5, 5.41) is 13.5. The Morgan fingerprint density at radius 2 is 2.05 bits per heavy atom. The van der Waals surface area contributed by atoms with E-state index in [-0.39, 0.29) is 28.0 Å². The lowest BCUT2D eigenvalue weighted by atomic mass is 10.2. The van der Waals surface area contributed by atoms with Gasteiger partial charge in [0.1, 0.15) is 0 Å². The maximum Gasteiger partial charge on any atom is 0.445 e. The van der Waals surface area contributed by atoms with Crippen molar-refractivity contribution < 1.29 is 17.9 Å². The number of nitrogens with zero attached hydrogens (tertiary/aromatic N) is 3. The van der Waals surface area contributed by atoms with Crippen molar-refractivity contribution in [3.63, 3.8) is 0 Å². The fourth-order valence-electron chi connectivity index (χ4n) is 1.17. The zero-order valence-electron chi connectivity index (χ0n) is 9.10. The molecule has 0 saturated carbocycles. The van der Waals surface area contributed by atoms with E-state index in [1.165, 1.54) is 18.2 Å². The van der Waals surface area contributed by atoms with Gasteiger partial charge < -0.3 is 10.5 Å². The molecule has 2 rings (SSSR count). The van der Waals surface area contributed by atoms with Crippen molar-refractivity contribution in [1.82, 2.24) is 10.2 Å². The van der Waals surface area contributed by atoms with Crippen LogP contribution in [0.25, 0.3) is 0 Å². The molecule has 2 N–H and O–H groups in total. The summed E-state index contributed by atoms with van der Waals surface area (Å²) in [5.41, 5.74) is 6.04. The summed E-state index contributed by atoms with van der Waals surface area (Å²) >= 11 is 0.263. The molecule has 19 heavy (non-hydrogen) atoms. The average molecular weight is 286 g/mol. The molecule has 0 radical (unpaired) electrons. The SMILES string of the molecule is N#Cc1ccc(Oc2nnc(C(F)(F)F)s2)c(N)c1. The number of rotatable bonds is 2. The van der Waals surface area contributed by atoms with Crippen molar-refractivity contribution in [3.05, 3.63) is 28.8 Å². The molecule has 0 aliphatic rings. The molecule has 98 valence electrons. The van der Waals surface area contributed by atoms with E-state index in [0.29, 0.717) is 5.56 Å². The van der Waals surface area contributed by atoms with Crippen LogP contribution >= 0.6 is 11.3 Å². The molecule has 5 nitrogen and oxygen atoms in total. The van der Waals surface area contributed by atoms with E-state index in [4.69, 9.17) is 15.7 Å². The Morgan fingerprint density at radius 3 is 2.58 bits per heavy atom. The van der Waals surface area contributed by atoms with Crippen LogP contribution in [0, 0.1) is 11.3 Å². The number of hydrogen-bond donors (Lipinski definition) is 1. The van der Waals surface area contributed by atoms with Crippen LogP contribution in [0.15, 0.2) is 18.2 Å². The second kappa shape index (κ2) is 4.74. The molecule has 1 heterocycles. The van der Waals surface area contributed by atoms with Crippen LogP contribution in [-0.4, -0.2) is 10.2 Å². The second-order valence-corrected chi connectivity index (χ2v) is 4.28. The first-order valence-electron chi connectivity index (χ1n) is 4.78. The third-order valence-electron chi connectivity index (χ3n) is 1.99. The van der Waals surface area contributed by atoms with Crippen LogP contribution in [-0.2, 0) is 6.18 Å². The molecule has 0 amide bonds. The van der Waals surface area contributed by atoms with Gasteiger partial charge in [-0.2, -0.15) is 18.4 Å². The molecule has 0 bridgehead atoms. The van der Waals surface area contributed by atoms with Gasteiger partial charge in [-0.1, -0.05) is 16.4 Å². The Bertz CT molecular complexity index is 647. The number of halogens is 3. The quantitative estimate of drug-likeness (QED) is 0.858. The first-order valence-corrected chi connectivity index (χ1v) is 5.60. The van der Waals surface area contributed by atoms with Gasteiger partial charge in [0.05, 0.1) is 17.3 Å². The van der Waals surface area contributed by atoms with Gasteiger partial charge in [-0.25, -0.2) is 0 Å². The molecule has 0 saturated heterocycles. The number of benzene rings is 1. The minimum atomic E-state index is -4.56. The molecule has 0 fully saturated rings. The smallest absolute Gasteiger partial charge is 0.428 e. The summed E-state index contributed by atoms with van der Waals surface area (Å²) < 4.78 is 42.0. The number of anilines is 1. The third kappa shape index (κ3) is 2.92. The van der Waals surface area contributed by atoms with Crippen molar-refractivity contribution in [2.45, 2.75) is 6.18 Å². The standard InChI is InChI=1S/C10H5F3N4OS/c11-10(12,13)8-16-17-9(19-8)18-7-2-1-5(4-14)3-6(7)15/h1-3H,15H2. The van der Waals surface area contributed by atoms with Crippen LogP contribution < -0.4 is 10.5 Å². The lowest BCUT2D eigenvalue weighted by molar-refractivity contribution is -0.138. The van der Waals surface area contributed by atoms with E-state index in [0.717, 1.165) is 0 Å². The summed E-state index contributed by atoms with van der Waals surface area (Å²) in [6, 6.07) is 6.03. The van der Waals surface area contributed by atoms with Gasteiger partial charge in [0.2, 0.25) is 5.01 Å². The molecule has 2 aromatic rings. The van der Waals surface area contributed by atoms with Gasteiger partial charge in [-0.05, 0) is 18.2 Å². The highest BCUT2D eigenvalue weighted by Gasteiger charge is 2.36. The monoisotopic (exact) mass is 286 g/mol. The Labute approximate surface area is 109 Å². The van der Waals surface area contributed by atoms with Gasteiger partial charge in [0.25, 0.3) is 5.19 Å². The number of nitrogens with two attached hydrogens (primary N) is 1. The molecule has 0 aliphatic heterocycles. The largest absolute Gasteiger partial charge is 0.445 e. The third-order valence-corrected chi connectivity index (χ3v) is 2.83. The Kier molecular flexibility index (Phi) is 3.26. The Morgan fingerprint density at radius 1 is 1.32 bits per heavy atom. The van der Waals surface area contributed by atoms with E-state index in [1.807, 2.05) is 6.07 Å².